The molecule has 0 N–H and O–H groups in total. The van der Waals surface area contributed by atoms with Crippen LogP contribution in [-0.2, 0) is 0 Å². The molecule has 0 spiro atoms. The second-order valence-corrected chi connectivity index (χ2v) is 3.99. The summed E-state index contributed by atoms with van der Waals surface area (Å²) < 4.78 is 52.2. The SMILES string of the molecule is CN(CC1CC1)c1c(F)c(F)nc(F)c1F. The van der Waals surface area contributed by atoms with E-state index in [0.29, 0.717) is 12.5 Å². The Bertz CT molecular complexity index is 392. The summed E-state index contributed by atoms with van der Waals surface area (Å²) in [6.07, 6.45) is 1.95. The molecule has 16 heavy (non-hydrogen) atoms. The first-order chi connectivity index (χ1) is 7.50. The van der Waals surface area contributed by atoms with E-state index in [4.69, 9.17) is 0 Å². The van der Waals surface area contributed by atoms with Gasteiger partial charge in [-0.25, -0.2) is 0 Å². The van der Waals surface area contributed by atoms with Crippen molar-refractivity contribution in [3.63, 3.8) is 0 Å². The number of aromatic nitrogens is 1. The van der Waals surface area contributed by atoms with Gasteiger partial charge in [-0.3, -0.25) is 0 Å². The van der Waals surface area contributed by atoms with Crippen LogP contribution in [0.5, 0.6) is 0 Å². The lowest BCUT2D eigenvalue weighted by Gasteiger charge is -2.20. The Morgan fingerprint density at radius 2 is 1.62 bits per heavy atom. The summed E-state index contributed by atoms with van der Waals surface area (Å²) in [6, 6.07) is 0. The van der Waals surface area contributed by atoms with E-state index in [1.807, 2.05) is 0 Å². The molecule has 2 rings (SSSR count). The van der Waals surface area contributed by atoms with Crippen LogP contribution >= 0.6 is 0 Å². The molecule has 0 unspecified atom stereocenters. The van der Waals surface area contributed by atoms with E-state index in [2.05, 4.69) is 4.98 Å². The van der Waals surface area contributed by atoms with Crippen molar-refractivity contribution in [2.75, 3.05) is 18.5 Å². The van der Waals surface area contributed by atoms with Crippen LogP contribution in [-0.4, -0.2) is 18.6 Å². The van der Waals surface area contributed by atoms with Gasteiger partial charge in [-0.15, -0.1) is 0 Å². The van der Waals surface area contributed by atoms with E-state index in [-0.39, 0.29) is 0 Å². The van der Waals surface area contributed by atoms with Crippen molar-refractivity contribution in [2.45, 2.75) is 12.8 Å². The normalized spacial score (nSPS) is 15.3. The molecule has 1 aliphatic carbocycles. The van der Waals surface area contributed by atoms with Gasteiger partial charge in [-0.2, -0.15) is 22.5 Å². The number of hydrogen-bond donors (Lipinski definition) is 0. The van der Waals surface area contributed by atoms with Crippen molar-refractivity contribution in [1.29, 1.82) is 0 Å². The lowest BCUT2D eigenvalue weighted by Crippen LogP contribution is -2.24. The van der Waals surface area contributed by atoms with Gasteiger partial charge in [0.2, 0.25) is 11.6 Å². The molecule has 6 heteroatoms. The van der Waals surface area contributed by atoms with Crippen molar-refractivity contribution in [3.05, 3.63) is 23.5 Å². The van der Waals surface area contributed by atoms with Gasteiger partial charge in [0.25, 0.3) is 11.9 Å². The quantitative estimate of drug-likeness (QED) is 0.590. The summed E-state index contributed by atoms with van der Waals surface area (Å²) in [5.41, 5.74) is -0.683. The lowest BCUT2D eigenvalue weighted by atomic mass is 10.3. The number of halogens is 4. The van der Waals surface area contributed by atoms with E-state index in [0.717, 1.165) is 12.8 Å². The largest absolute Gasteiger partial charge is 0.369 e. The molecule has 1 saturated carbocycles. The zero-order valence-corrected chi connectivity index (χ0v) is 8.60. The smallest absolute Gasteiger partial charge is 0.253 e. The van der Waals surface area contributed by atoms with E-state index < -0.39 is 29.2 Å². The van der Waals surface area contributed by atoms with Gasteiger partial charge in [0.15, 0.2) is 0 Å². The predicted molar refractivity (Wildman–Crippen MR) is 50.1 cm³/mol. The molecule has 2 nitrogen and oxygen atoms in total. The third-order valence-electron chi connectivity index (χ3n) is 2.59. The van der Waals surface area contributed by atoms with Gasteiger partial charge in [0.05, 0.1) is 0 Å². The standard InChI is InChI=1S/C10H10F4N2/c1-16(4-5-2-3-5)8-6(11)9(13)15-10(14)7(8)12/h5H,2-4H2,1H3. The first-order valence-corrected chi connectivity index (χ1v) is 4.91. The first kappa shape index (κ1) is 11.2. The maximum absolute atomic E-state index is 13.3. The molecule has 1 aromatic heterocycles. The maximum Gasteiger partial charge on any atom is 0.253 e. The minimum absolute atomic E-state index is 0.350. The van der Waals surface area contributed by atoms with E-state index >= 15 is 0 Å². The summed E-state index contributed by atoms with van der Waals surface area (Å²) in [6.45, 7) is 0.386. The van der Waals surface area contributed by atoms with Crippen molar-refractivity contribution in [2.24, 2.45) is 5.92 Å². The van der Waals surface area contributed by atoms with Gasteiger partial charge in [-0.05, 0) is 18.8 Å². The van der Waals surface area contributed by atoms with Crippen LogP contribution in [0.15, 0.2) is 0 Å². The Labute approximate surface area is 89.9 Å². The molecule has 1 aromatic rings. The van der Waals surface area contributed by atoms with Crippen LogP contribution in [0, 0.1) is 29.4 Å². The zero-order valence-electron chi connectivity index (χ0n) is 8.60. The van der Waals surface area contributed by atoms with Gasteiger partial charge < -0.3 is 4.90 Å². The van der Waals surface area contributed by atoms with Crippen LogP contribution < -0.4 is 4.90 Å². The van der Waals surface area contributed by atoms with Crippen molar-refractivity contribution in [3.8, 4) is 0 Å². The number of hydrogen-bond acceptors (Lipinski definition) is 2. The molecule has 1 heterocycles. The third-order valence-corrected chi connectivity index (χ3v) is 2.59. The second kappa shape index (κ2) is 3.92. The number of pyridine rings is 1. The predicted octanol–water partition coefficient (Wildman–Crippen LogP) is 2.48. The monoisotopic (exact) mass is 234 g/mol. The Kier molecular flexibility index (Phi) is 2.73. The van der Waals surface area contributed by atoms with Crippen LogP contribution in [0.3, 0.4) is 0 Å². The summed E-state index contributed by atoms with van der Waals surface area (Å²) in [5.74, 6) is -5.76. The molecule has 88 valence electrons. The molecule has 0 bridgehead atoms. The van der Waals surface area contributed by atoms with Crippen LogP contribution in [0.4, 0.5) is 23.2 Å². The molecule has 0 amide bonds. The fraction of sp³-hybridized carbons (Fsp3) is 0.500. The van der Waals surface area contributed by atoms with Crippen molar-refractivity contribution >= 4 is 5.69 Å². The third kappa shape index (κ3) is 1.96. The highest BCUT2D eigenvalue weighted by Gasteiger charge is 2.28. The number of anilines is 1. The van der Waals surface area contributed by atoms with Crippen LogP contribution in [0.2, 0.25) is 0 Å². The average Bonchev–Trinajstić information content (AvgIpc) is 2.99. The Morgan fingerprint density at radius 1 is 1.12 bits per heavy atom. The van der Waals surface area contributed by atoms with Crippen LogP contribution in [0.1, 0.15) is 12.8 Å². The minimum Gasteiger partial charge on any atom is -0.369 e. The van der Waals surface area contributed by atoms with E-state index in [1.165, 1.54) is 11.9 Å². The highest BCUT2D eigenvalue weighted by Crippen LogP contribution is 2.33. The molecule has 1 fully saturated rings. The Morgan fingerprint density at radius 3 is 2.06 bits per heavy atom. The number of rotatable bonds is 3. The van der Waals surface area contributed by atoms with E-state index in [1.54, 1.807) is 0 Å². The fourth-order valence-electron chi connectivity index (χ4n) is 1.59. The lowest BCUT2D eigenvalue weighted by molar-refractivity contribution is 0.406. The average molecular weight is 234 g/mol. The summed E-state index contributed by atoms with van der Waals surface area (Å²) in [7, 11) is 1.40. The topological polar surface area (TPSA) is 16.1 Å². The zero-order chi connectivity index (χ0) is 11.9. The van der Waals surface area contributed by atoms with Gasteiger partial charge >= 0.3 is 0 Å². The molecule has 0 saturated heterocycles. The highest BCUT2D eigenvalue weighted by molar-refractivity contribution is 5.47. The first-order valence-electron chi connectivity index (χ1n) is 4.91. The summed E-state index contributed by atoms with van der Waals surface area (Å²) in [4.78, 5) is 3.69. The van der Waals surface area contributed by atoms with Gasteiger partial charge in [0.1, 0.15) is 5.69 Å². The molecule has 0 aliphatic heterocycles. The Hall–Kier alpha value is -1.33. The van der Waals surface area contributed by atoms with Crippen molar-refractivity contribution in [1.82, 2.24) is 4.98 Å². The molecular weight excluding hydrogens is 224 g/mol. The molecule has 0 atom stereocenters. The second-order valence-electron chi connectivity index (χ2n) is 3.99. The van der Waals surface area contributed by atoms with Crippen molar-refractivity contribution < 1.29 is 17.6 Å². The molecule has 0 aromatic carbocycles. The highest BCUT2D eigenvalue weighted by atomic mass is 19.2. The molecule has 0 radical (unpaired) electrons. The molecular formula is C10H10F4N2. The van der Waals surface area contributed by atoms with Crippen LogP contribution in [0.25, 0.3) is 0 Å². The summed E-state index contributed by atoms with van der Waals surface area (Å²) >= 11 is 0. The van der Waals surface area contributed by atoms with Gasteiger partial charge in [0, 0.05) is 13.6 Å². The molecule has 1 aliphatic rings. The van der Waals surface area contributed by atoms with E-state index in [9.17, 15) is 17.6 Å². The van der Waals surface area contributed by atoms with Gasteiger partial charge in [-0.1, -0.05) is 0 Å². The number of nitrogens with zero attached hydrogens (tertiary/aromatic N) is 2. The fourth-order valence-corrected chi connectivity index (χ4v) is 1.59. The minimum atomic E-state index is -1.61. The Balaban J connectivity index is 2.36. The maximum atomic E-state index is 13.3. The summed E-state index contributed by atoms with van der Waals surface area (Å²) in [5, 5.41) is 0.